The zero-order valence-corrected chi connectivity index (χ0v) is 9.13. The van der Waals surface area contributed by atoms with Crippen molar-refractivity contribution in [2.24, 2.45) is 0 Å². The van der Waals surface area contributed by atoms with Crippen LogP contribution in [0.4, 0.5) is 0 Å². The van der Waals surface area contributed by atoms with Gasteiger partial charge < -0.3 is 15.0 Å². The number of hydrogen-bond donors (Lipinski definition) is 2. The SMILES string of the molecule is COC(=O)CCc1c[nH]c2[13c]1CC(=O)NC2. The van der Waals surface area contributed by atoms with Gasteiger partial charge in [-0.2, -0.15) is 0 Å². The highest BCUT2D eigenvalue weighted by molar-refractivity contribution is 5.81. The van der Waals surface area contributed by atoms with E-state index >= 15 is 0 Å². The van der Waals surface area contributed by atoms with Gasteiger partial charge in [0.1, 0.15) is 0 Å². The van der Waals surface area contributed by atoms with Gasteiger partial charge in [0, 0.05) is 18.3 Å². The summed E-state index contributed by atoms with van der Waals surface area (Å²) in [6, 6.07) is 0. The van der Waals surface area contributed by atoms with Crippen molar-refractivity contribution in [2.75, 3.05) is 7.11 Å². The molecule has 0 aliphatic carbocycles. The third-order valence-corrected chi connectivity index (χ3v) is 2.80. The zero-order valence-electron chi connectivity index (χ0n) is 9.13. The quantitative estimate of drug-likeness (QED) is 0.724. The van der Waals surface area contributed by atoms with Crippen molar-refractivity contribution < 1.29 is 14.3 Å². The van der Waals surface area contributed by atoms with Crippen molar-refractivity contribution in [3.63, 3.8) is 0 Å². The zero-order chi connectivity index (χ0) is 11.5. The van der Waals surface area contributed by atoms with E-state index in [2.05, 4.69) is 15.0 Å². The molecule has 16 heavy (non-hydrogen) atoms. The second-order valence-electron chi connectivity index (χ2n) is 3.80. The van der Waals surface area contributed by atoms with Gasteiger partial charge in [-0.25, -0.2) is 0 Å². The maximum absolute atomic E-state index is 11.3. The van der Waals surface area contributed by atoms with Crippen LogP contribution in [0.15, 0.2) is 6.20 Å². The number of methoxy groups -OCH3 is 1. The smallest absolute Gasteiger partial charge is 0.305 e. The number of carbonyl (C=O) groups is 2. The van der Waals surface area contributed by atoms with Crippen LogP contribution in [-0.4, -0.2) is 24.0 Å². The molecule has 1 aromatic rings. The normalized spacial score (nSPS) is 14.2. The van der Waals surface area contributed by atoms with Crippen molar-refractivity contribution in [3.05, 3.63) is 23.0 Å². The minimum absolute atomic E-state index is 0.0337. The molecule has 1 aromatic heterocycles. The van der Waals surface area contributed by atoms with Crippen LogP contribution >= 0.6 is 0 Å². The molecule has 1 aliphatic heterocycles. The number of hydrogen-bond acceptors (Lipinski definition) is 3. The lowest BCUT2D eigenvalue weighted by Crippen LogP contribution is -2.30. The van der Waals surface area contributed by atoms with E-state index in [1.54, 1.807) is 0 Å². The molecule has 0 aromatic carbocycles. The fourth-order valence-corrected chi connectivity index (χ4v) is 1.89. The van der Waals surface area contributed by atoms with Gasteiger partial charge in [0.15, 0.2) is 0 Å². The van der Waals surface area contributed by atoms with Gasteiger partial charge in [0.25, 0.3) is 0 Å². The summed E-state index contributed by atoms with van der Waals surface area (Å²) in [6.45, 7) is 0.548. The first-order chi connectivity index (χ1) is 7.70. The lowest BCUT2D eigenvalue weighted by atomic mass is 10.2. The summed E-state index contributed by atoms with van der Waals surface area (Å²) in [5.74, 6) is -0.193. The number of fused-ring (bicyclic) bond motifs is 1. The third kappa shape index (κ3) is 2.08. The van der Waals surface area contributed by atoms with Crippen LogP contribution in [0.5, 0.6) is 0 Å². The van der Waals surface area contributed by atoms with E-state index in [-0.39, 0.29) is 11.9 Å². The van der Waals surface area contributed by atoms with E-state index in [4.69, 9.17) is 0 Å². The molecular weight excluding hydrogens is 209 g/mol. The molecule has 0 bridgehead atoms. The fraction of sp³-hybridized carbons (Fsp3) is 0.455. The second-order valence-corrected chi connectivity index (χ2v) is 3.80. The Labute approximate surface area is 93.2 Å². The van der Waals surface area contributed by atoms with E-state index in [0.29, 0.717) is 25.8 Å². The third-order valence-electron chi connectivity index (χ3n) is 2.80. The molecule has 0 atom stereocenters. The van der Waals surface area contributed by atoms with Crippen LogP contribution in [0.3, 0.4) is 0 Å². The number of aryl methyl sites for hydroxylation is 1. The molecule has 5 nitrogen and oxygen atoms in total. The number of amides is 1. The number of aromatic amines is 1. The Morgan fingerprint density at radius 2 is 2.38 bits per heavy atom. The summed E-state index contributed by atoms with van der Waals surface area (Å²) in [5, 5.41) is 2.77. The molecule has 2 N–H and O–H groups in total. The Morgan fingerprint density at radius 3 is 3.12 bits per heavy atom. The first-order valence-corrected chi connectivity index (χ1v) is 5.22. The lowest BCUT2D eigenvalue weighted by Gasteiger charge is -2.13. The van der Waals surface area contributed by atoms with Crippen LogP contribution in [0, 0.1) is 0 Å². The summed E-state index contributed by atoms with van der Waals surface area (Å²) in [6.07, 6.45) is 3.23. The minimum Gasteiger partial charge on any atom is -0.469 e. The van der Waals surface area contributed by atoms with E-state index < -0.39 is 0 Å². The second kappa shape index (κ2) is 4.38. The monoisotopic (exact) mass is 223 g/mol. The minimum atomic E-state index is -0.227. The summed E-state index contributed by atoms with van der Waals surface area (Å²) < 4.78 is 4.59. The highest BCUT2D eigenvalue weighted by Crippen LogP contribution is 2.19. The Morgan fingerprint density at radius 1 is 1.56 bits per heavy atom. The number of nitrogens with one attached hydrogen (secondary N) is 2. The molecule has 5 heteroatoms. The van der Waals surface area contributed by atoms with Crippen LogP contribution in [0.1, 0.15) is 23.2 Å². The van der Waals surface area contributed by atoms with Crippen molar-refractivity contribution in [3.8, 4) is 0 Å². The predicted molar refractivity (Wildman–Crippen MR) is 56.7 cm³/mol. The standard InChI is InChI=1S/C11H14N2O3/c1-16-11(15)3-2-7-5-12-9-6-13-10(14)4-8(7)9/h5,12H,2-4,6H2,1H3,(H,13,14)/i8+1. The van der Waals surface area contributed by atoms with Crippen LogP contribution in [0.25, 0.3) is 0 Å². The van der Waals surface area contributed by atoms with Gasteiger partial charge in [0.2, 0.25) is 5.91 Å². The summed E-state index contributed by atoms with van der Waals surface area (Å²) in [7, 11) is 1.38. The fourth-order valence-electron chi connectivity index (χ4n) is 1.89. The number of aromatic nitrogens is 1. The molecule has 0 saturated heterocycles. The summed E-state index contributed by atoms with van der Waals surface area (Å²) in [4.78, 5) is 25.4. The largest absolute Gasteiger partial charge is 0.469 e. The molecule has 86 valence electrons. The molecule has 0 radical (unpaired) electrons. The van der Waals surface area contributed by atoms with Crippen molar-refractivity contribution in [1.82, 2.24) is 10.3 Å². The van der Waals surface area contributed by atoms with Gasteiger partial charge in [-0.3, -0.25) is 9.59 Å². The van der Waals surface area contributed by atoms with Gasteiger partial charge in [0.05, 0.1) is 20.1 Å². The highest BCUT2D eigenvalue weighted by atomic mass is 16.5. The first kappa shape index (κ1) is 10.7. The number of rotatable bonds is 3. The average Bonchev–Trinajstić information content (AvgIpc) is 2.68. The van der Waals surface area contributed by atoms with Gasteiger partial charge in [-0.15, -0.1) is 0 Å². The molecule has 2 rings (SSSR count). The van der Waals surface area contributed by atoms with E-state index in [9.17, 15) is 9.59 Å². The molecule has 0 spiro atoms. The topological polar surface area (TPSA) is 71.2 Å². The van der Waals surface area contributed by atoms with Gasteiger partial charge in [-0.05, 0) is 17.5 Å². The van der Waals surface area contributed by atoms with Crippen molar-refractivity contribution in [2.45, 2.75) is 25.8 Å². The van der Waals surface area contributed by atoms with Crippen LogP contribution in [-0.2, 0) is 33.7 Å². The van der Waals surface area contributed by atoms with Crippen LogP contribution < -0.4 is 5.32 Å². The van der Waals surface area contributed by atoms with Gasteiger partial charge in [-0.1, -0.05) is 0 Å². The molecular formula is C11H14N2O3. The molecule has 2 heterocycles. The number of H-pyrrole nitrogens is 1. The number of ether oxygens (including phenoxy) is 1. The van der Waals surface area contributed by atoms with Crippen molar-refractivity contribution >= 4 is 11.9 Å². The van der Waals surface area contributed by atoms with Crippen LogP contribution in [0.2, 0.25) is 0 Å². The summed E-state index contributed by atoms with van der Waals surface area (Å²) >= 11 is 0. The highest BCUT2D eigenvalue weighted by Gasteiger charge is 2.19. The number of carbonyl (C=O) groups excluding carboxylic acids is 2. The summed E-state index contributed by atoms with van der Waals surface area (Å²) in [5.41, 5.74) is 3.11. The van der Waals surface area contributed by atoms with E-state index in [1.807, 2.05) is 6.20 Å². The molecule has 0 fully saturated rings. The van der Waals surface area contributed by atoms with Gasteiger partial charge >= 0.3 is 5.97 Å². The lowest BCUT2D eigenvalue weighted by molar-refractivity contribution is -0.140. The molecule has 1 amide bonds. The molecule has 1 aliphatic rings. The van der Waals surface area contributed by atoms with E-state index in [0.717, 1.165) is 16.8 Å². The Balaban J connectivity index is 2.08. The number of esters is 1. The Hall–Kier alpha value is -1.78. The maximum atomic E-state index is 11.3. The molecule has 0 saturated carbocycles. The van der Waals surface area contributed by atoms with E-state index in [1.165, 1.54) is 7.11 Å². The molecule has 0 unspecified atom stereocenters. The Bertz CT molecular complexity index is 423. The van der Waals surface area contributed by atoms with Crippen molar-refractivity contribution in [1.29, 1.82) is 0 Å². The Kier molecular flexibility index (Phi) is 2.94. The first-order valence-electron chi connectivity index (χ1n) is 5.22. The maximum Gasteiger partial charge on any atom is 0.305 e. The average molecular weight is 223 g/mol. The predicted octanol–water partition coefficient (Wildman–Crippen LogP) is 0.293.